The summed E-state index contributed by atoms with van der Waals surface area (Å²) in [5.41, 5.74) is 1.85. The van der Waals surface area contributed by atoms with Crippen molar-refractivity contribution in [2.24, 2.45) is 5.92 Å². The van der Waals surface area contributed by atoms with Crippen LogP contribution < -0.4 is 4.74 Å². The quantitative estimate of drug-likeness (QED) is 0.815. The van der Waals surface area contributed by atoms with Gasteiger partial charge in [0.15, 0.2) is 0 Å². The molecule has 1 amide bonds. The number of carbonyl (C=O) groups excluding carboxylic acids is 1. The third-order valence-corrected chi connectivity index (χ3v) is 4.94. The molecule has 27 heavy (non-hydrogen) atoms. The van der Waals surface area contributed by atoms with Gasteiger partial charge in [0.2, 0.25) is 5.91 Å². The van der Waals surface area contributed by atoms with Crippen LogP contribution in [0.25, 0.3) is 0 Å². The third kappa shape index (κ3) is 4.67. The lowest BCUT2D eigenvalue weighted by molar-refractivity contribution is -0.141. The van der Waals surface area contributed by atoms with Gasteiger partial charge in [0.1, 0.15) is 5.75 Å². The number of likely N-dealkylation sites (tertiary alicyclic amines) is 1. The Bertz CT molecular complexity index is 790. The van der Waals surface area contributed by atoms with Crippen molar-refractivity contribution in [3.63, 3.8) is 0 Å². The Kier molecular flexibility index (Phi) is 6.12. The molecule has 5 nitrogen and oxygen atoms in total. The highest BCUT2D eigenvalue weighted by atomic mass is 16.5. The summed E-state index contributed by atoms with van der Waals surface area (Å²) in [7, 11) is 0. The maximum atomic E-state index is 12.8. The second-order valence-corrected chi connectivity index (χ2v) is 6.93. The van der Waals surface area contributed by atoms with Gasteiger partial charge in [-0.3, -0.25) is 9.59 Å². The second kappa shape index (κ2) is 8.71. The molecule has 0 bridgehead atoms. The number of amides is 1. The highest BCUT2D eigenvalue weighted by molar-refractivity contribution is 5.81. The summed E-state index contributed by atoms with van der Waals surface area (Å²) in [5.74, 6) is -0.891. The molecule has 3 rings (SSSR count). The number of hydrogen-bond donors (Lipinski definition) is 1. The molecule has 0 saturated carbocycles. The molecule has 1 heterocycles. The molecule has 142 valence electrons. The summed E-state index contributed by atoms with van der Waals surface area (Å²) in [5, 5.41) is 9.60. The zero-order valence-electron chi connectivity index (χ0n) is 15.5. The Balaban J connectivity index is 1.69. The predicted octanol–water partition coefficient (Wildman–Crippen LogP) is 3.34. The average molecular weight is 367 g/mol. The largest absolute Gasteiger partial charge is 0.494 e. The Morgan fingerprint density at radius 3 is 2.59 bits per heavy atom. The van der Waals surface area contributed by atoms with Crippen molar-refractivity contribution in [1.82, 2.24) is 4.90 Å². The Morgan fingerprint density at radius 1 is 1.11 bits per heavy atom. The molecule has 1 aliphatic rings. The van der Waals surface area contributed by atoms with Gasteiger partial charge in [0.25, 0.3) is 0 Å². The van der Waals surface area contributed by atoms with E-state index in [4.69, 9.17) is 4.74 Å². The minimum atomic E-state index is -0.853. The van der Waals surface area contributed by atoms with Crippen LogP contribution in [0.4, 0.5) is 0 Å². The van der Waals surface area contributed by atoms with E-state index in [2.05, 4.69) is 0 Å². The maximum absolute atomic E-state index is 12.8. The molecule has 2 atom stereocenters. The maximum Gasteiger partial charge on any atom is 0.308 e. The third-order valence-electron chi connectivity index (χ3n) is 4.94. The van der Waals surface area contributed by atoms with Gasteiger partial charge in [-0.05, 0) is 29.7 Å². The van der Waals surface area contributed by atoms with E-state index in [1.165, 1.54) is 0 Å². The van der Waals surface area contributed by atoms with Crippen molar-refractivity contribution >= 4 is 11.9 Å². The van der Waals surface area contributed by atoms with E-state index in [0.717, 1.165) is 23.3 Å². The number of ether oxygens (including phenoxy) is 1. The van der Waals surface area contributed by atoms with Crippen LogP contribution in [-0.2, 0) is 16.0 Å². The zero-order valence-corrected chi connectivity index (χ0v) is 15.5. The number of hydrogen-bond acceptors (Lipinski definition) is 3. The summed E-state index contributed by atoms with van der Waals surface area (Å²) in [6, 6.07) is 17.1. The fourth-order valence-electron chi connectivity index (χ4n) is 3.55. The Labute approximate surface area is 159 Å². The molecule has 2 aromatic carbocycles. The van der Waals surface area contributed by atoms with Crippen molar-refractivity contribution in [2.45, 2.75) is 25.7 Å². The Hall–Kier alpha value is -2.82. The molecule has 2 aromatic rings. The van der Waals surface area contributed by atoms with Gasteiger partial charge in [-0.2, -0.15) is 0 Å². The molecule has 5 heteroatoms. The molecule has 1 saturated heterocycles. The van der Waals surface area contributed by atoms with E-state index in [0.29, 0.717) is 13.2 Å². The molecule has 0 aliphatic carbocycles. The predicted molar refractivity (Wildman–Crippen MR) is 103 cm³/mol. The molecule has 1 aliphatic heterocycles. The summed E-state index contributed by atoms with van der Waals surface area (Å²) in [4.78, 5) is 26.2. The van der Waals surface area contributed by atoms with Crippen molar-refractivity contribution in [1.29, 1.82) is 0 Å². The minimum Gasteiger partial charge on any atom is -0.494 e. The number of carboxylic acids is 1. The average Bonchev–Trinajstić information content (AvgIpc) is 3.13. The van der Waals surface area contributed by atoms with Crippen LogP contribution in [0.15, 0.2) is 54.6 Å². The van der Waals surface area contributed by atoms with Gasteiger partial charge in [-0.1, -0.05) is 49.4 Å². The molecular weight excluding hydrogens is 342 g/mol. The van der Waals surface area contributed by atoms with E-state index in [9.17, 15) is 14.7 Å². The van der Waals surface area contributed by atoms with Crippen LogP contribution in [0.3, 0.4) is 0 Å². The normalized spacial score (nSPS) is 19.1. The highest BCUT2D eigenvalue weighted by Gasteiger charge is 2.40. The van der Waals surface area contributed by atoms with Crippen LogP contribution in [0, 0.1) is 5.92 Å². The van der Waals surface area contributed by atoms with Gasteiger partial charge in [0.05, 0.1) is 18.9 Å². The van der Waals surface area contributed by atoms with Gasteiger partial charge in [-0.25, -0.2) is 0 Å². The van der Waals surface area contributed by atoms with Gasteiger partial charge in [0, 0.05) is 19.0 Å². The number of carbonyl (C=O) groups is 2. The van der Waals surface area contributed by atoms with Crippen molar-refractivity contribution < 1.29 is 19.4 Å². The van der Waals surface area contributed by atoms with E-state index in [1.54, 1.807) is 4.90 Å². The fourth-order valence-corrected chi connectivity index (χ4v) is 3.55. The summed E-state index contributed by atoms with van der Waals surface area (Å²) in [6.07, 6.45) is 1.17. The van der Waals surface area contributed by atoms with Crippen LogP contribution >= 0.6 is 0 Å². The fraction of sp³-hybridized carbons (Fsp3) is 0.364. The summed E-state index contributed by atoms with van der Waals surface area (Å²) < 4.78 is 5.62. The number of carboxylic acid groups (broad SMARTS) is 1. The first-order valence-electron chi connectivity index (χ1n) is 9.35. The number of rotatable bonds is 7. The first-order valence-corrected chi connectivity index (χ1v) is 9.35. The zero-order chi connectivity index (χ0) is 19.2. The van der Waals surface area contributed by atoms with Gasteiger partial charge in [-0.15, -0.1) is 0 Å². The highest BCUT2D eigenvalue weighted by Crippen LogP contribution is 2.33. The number of benzene rings is 2. The van der Waals surface area contributed by atoms with E-state index < -0.39 is 11.9 Å². The topological polar surface area (TPSA) is 66.8 Å². The van der Waals surface area contributed by atoms with E-state index in [1.807, 2.05) is 61.5 Å². The summed E-state index contributed by atoms with van der Waals surface area (Å²) >= 11 is 0. The van der Waals surface area contributed by atoms with Crippen LogP contribution in [-0.4, -0.2) is 41.6 Å². The van der Waals surface area contributed by atoms with Crippen molar-refractivity contribution in [3.8, 4) is 5.75 Å². The molecule has 2 unspecified atom stereocenters. The van der Waals surface area contributed by atoms with Gasteiger partial charge < -0.3 is 14.7 Å². The number of nitrogens with zero attached hydrogens (tertiary/aromatic N) is 1. The smallest absolute Gasteiger partial charge is 0.308 e. The standard InChI is InChI=1S/C22H25NO4/c1-2-11-27-18-10-6-7-16(12-18)13-21(24)23-14-19(20(15-23)22(25)26)17-8-4-3-5-9-17/h3-10,12,19-20H,2,11,13-15H2,1H3,(H,25,26). The van der Waals surface area contributed by atoms with Crippen molar-refractivity contribution in [2.75, 3.05) is 19.7 Å². The number of aliphatic carboxylic acids is 1. The van der Waals surface area contributed by atoms with Crippen LogP contribution in [0.5, 0.6) is 5.75 Å². The van der Waals surface area contributed by atoms with Gasteiger partial charge >= 0.3 is 5.97 Å². The SMILES string of the molecule is CCCOc1cccc(CC(=O)N2CC(C(=O)O)C(c3ccccc3)C2)c1. The molecule has 0 spiro atoms. The van der Waals surface area contributed by atoms with E-state index in [-0.39, 0.29) is 24.8 Å². The molecule has 0 aromatic heterocycles. The van der Waals surface area contributed by atoms with E-state index >= 15 is 0 Å². The lowest BCUT2D eigenvalue weighted by Crippen LogP contribution is -2.31. The molecule has 1 fully saturated rings. The molecular formula is C22H25NO4. The monoisotopic (exact) mass is 367 g/mol. The second-order valence-electron chi connectivity index (χ2n) is 6.93. The lowest BCUT2D eigenvalue weighted by Gasteiger charge is -2.17. The molecule has 1 N–H and O–H groups in total. The minimum absolute atomic E-state index is 0.0488. The van der Waals surface area contributed by atoms with Crippen LogP contribution in [0.2, 0.25) is 0 Å². The summed E-state index contributed by atoms with van der Waals surface area (Å²) in [6.45, 7) is 3.37. The lowest BCUT2D eigenvalue weighted by atomic mass is 9.89. The van der Waals surface area contributed by atoms with Crippen LogP contribution in [0.1, 0.15) is 30.4 Å². The molecule has 0 radical (unpaired) electrons. The van der Waals surface area contributed by atoms with Crippen molar-refractivity contribution in [3.05, 3.63) is 65.7 Å². The first-order chi connectivity index (χ1) is 13.1. The first kappa shape index (κ1) is 19.0. The Morgan fingerprint density at radius 2 is 1.89 bits per heavy atom.